The molecule has 1 aromatic carbocycles. The van der Waals surface area contributed by atoms with E-state index in [0.717, 1.165) is 75.4 Å². The van der Waals surface area contributed by atoms with Crippen molar-refractivity contribution in [2.45, 2.75) is 114 Å². The van der Waals surface area contributed by atoms with Crippen LogP contribution in [0.3, 0.4) is 0 Å². The summed E-state index contributed by atoms with van der Waals surface area (Å²) in [5, 5.41) is -2.12. The predicted molar refractivity (Wildman–Crippen MR) is 179 cm³/mol. The Balaban J connectivity index is 0.000000262. The van der Waals surface area contributed by atoms with Crippen LogP contribution in [0, 0.1) is 22.2 Å². The lowest BCUT2D eigenvalue weighted by atomic mass is 9.55. The van der Waals surface area contributed by atoms with Crippen molar-refractivity contribution < 1.29 is 39.5 Å². The molecule has 0 bridgehead atoms. The van der Waals surface area contributed by atoms with Gasteiger partial charge in [0.2, 0.25) is 0 Å². The summed E-state index contributed by atoms with van der Waals surface area (Å²) in [5.41, 5.74) is 3.75. The maximum Gasteiger partial charge on any atom is 0.457 e. The molecule has 0 N–H and O–H groups in total. The molecule has 3 aliphatic rings. The van der Waals surface area contributed by atoms with Crippen molar-refractivity contribution >= 4 is 26.7 Å². The van der Waals surface area contributed by atoms with Crippen molar-refractivity contribution in [1.29, 1.82) is 0 Å². The zero-order valence-electron chi connectivity index (χ0n) is 27.8. The highest BCUT2D eigenvalue weighted by atomic mass is 32.2. The molecule has 7 unspecified atom stereocenters. The standard InChI is InChI=1S/C19H22FNO.C15H26F8NPS/c1-11-3-6-17-15-10-18(20)16-9-12(21-22)4-5-13(16)14(15)7-8-19(11,17)2;1-3-4-5-8-24(2)9-6-10-26-11-7-12(16,17)14(20,25)13(18,19)15(21,22)23/h4-5,9,14-15,17-18H,1,3,6-8,10H2,2H3;3-11,25H2,1-2H3. The summed E-state index contributed by atoms with van der Waals surface area (Å²) < 4.78 is 118. The lowest BCUT2D eigenvalue weighted by Gasteiger charge is -2.50. The number of unbranched alkanes of at least 4 members (excludes halogenated alkanes) is 2. The van der Waals surface area contributed by atoms with E-state index in [4.69, 9.17) is 0 Å². The first-order valence-corrected chi connectivity index (χ1v) is 18.3. The molecule has 1 aromatic rings. The summed E-state index contributed by atoms with van der Waals surface area (Å²) in [6.07, 6.45) is 0.237. The fraction of sp³-hybridized carbons (Fsp3) is 0.765. The molecule has 0 aliphatic heterocycles. The molecule has 0 aromatic heterocycles. The highest BCUT2D eigenvalue weighted by Crippen LogP contribution is 2.64. The molecule has 4 rings (SSSR count). The lowest BCUT2D eigenvalue weighted by molar-refractivity contribution is -0.337. The van der Waals surface area contributed by atoms with E-state index in [0.29, 0.717) is 56.8 Å². The molecule has 2 saturated carbocycles. The first-order chi connectivity index (χ1) is 22.2. The zero-order valence-corrected chi connectivity index (χ0v) is 29.8. The minimum absolute atomic E-state index is 0.211. The van der Waals surface area contributed by atoms with Crippen LogP contribution in [0.15, 0.2) is 35.5 Å². The molecule has 0 amide bonds. The van der Waals surface area contributed by atoms with Gasteiger partial charge in [-0.25, -0.2) is 17.6 Å². The second kappa shape index (κ2) is 16.3. The predicted octanol–water partition coefficient (Wildman–Crippen LogP) is 12.0. The Morgan fingerprint density at radius 2 is 1.69 bits per heavy atom. The molecule has 14 heteroatoms. The number of hydrogen-bond acceptors (Lipinski definition) is 4. The van der Waals surface area contributed by atoms with Gasteiger partial charge in [-0.15, -0.1) is 4.91 Å². The van der Waals surface area contributed by atoms with E-state index in [9.17, 15) is 44.4 Å². The third-order valence-corrected chi connectivity index (χ3v) is 12.5. The van der Waals surface area contributed by atoms with Crippen molar-refractivity contribution in [2.75, 3.05) is 31.6 Å². The quantitative estimate of drug-likeness (QED) is 0.0627. The third kappa shape index (κ3) is 8.75. The van der Waals surface area contributed by atoms with Gasteiger partial charge in [-0.05, 0) is 128 Å². The summed E-state index contributed by atoms with van der Waals surface area (Å²) in [5.74, 6) is -9.57. The van der Waals surface area contributed by atoms with Gasteiger partial charge in [-0.1, -0.05) is 54.1 Å². The van der Waals surface area contributed by atoms with Crippen LogP contribution in [0.5, 0.6) is 0 Å². The fourth-order valence-electron chi connectivity index (χ4n) is 7.60. The van der Waals surface area contributed by atoms with Crippen LogP contribution >= 0.6 is 21.0 Å². The summed E-state index contributed by atoms with van der Waals surface area (Å²) in [4.78, 5) is 12.8. The second-order valence-electron chi connectivity index (χ2n) is 13.8. The zero-order chi connectivity index (χ0) is 36.1. The van der Waals surface area contributed by atoms with Crippen molar-refractivity contribution in [2.24, 2.45) is 22.4 Å². The number of allylic oxidation sites excluding steroid dienone is 1. The first kappa shape index (κ1) is 41.1. The molecule has 274 valence electrons. The Kier molecular flexibility index (Phi) is 14.0. The van der Waals surface area contributed by atoms with Gasteiger partial charge < -0.3 is 4.90 Å². The Morgan fingerprint density at radius 1 is 1.02 bits per heavy atom. The number of thioether (sulfide) groups is 1. The second-order valence-corrected chi connectivity index (χ2v) is 15.8. The highest BCUT2D eigenvalue weighted by molar-refractivity contribution is 7.99. The van der Waals surface area contributed by atoms with Gasteiger partial charge in [0.25, 0.3) is 11.3 Å². The maximum atomic E-state index is 14.8. The smallest absolute Gasteiger partial charge is 0.306 e. The first-order valence-electron chi connectivity index (χ1n) is 16.6. The Morgan fingerprint density at radius 3 is 2.31 bits per heavy atom. The van der Waals surface area contributed by atoms with Crippen molar-refractivity contribution in [3.8, 4) is 0 Å². The molecular weight excluding hydrogens is 686 g/mol. The minimum Gasteiger partial charge on any atom is -0.306 e. The number of rotatable bonds is 14. The number of hydrogen-bond donors (Lipinski definition) is 0. The highest BCUT2D eigenvalue weighted by Gasteiger charge is 2.77. The van der Waals surface area contributed by atoms with Crippen molar-refractivity contribution in [1.82, 2.24) is 4.90 Å². The molecule has 0 heterocycles. The van der Waals surface area contributed by atoms with Crippen molar-refractivity contribution in [3.05, 3.63) is 46.4 Å². The summed E-state index contributed by atoms with van der Waals surface area (Å²) in [6, 6.07) is 5.34. The fourth-order valence-corrected chi connectivity index (χ4v) is 8.85. The summed E-state index contributed by atoms with van der Waals surface area (Å²) in [7, 11) is 2.27. The van der Waals surface area contributed by atoms with Crippen LogP contribution in [-0.2, 0) is 0 Å². The van der Waals surface area contributed by atoms with Gasteiger partial charge in [-0.3, -0.25) is 0 Å². The number of nitroso groups, excluding NO2 is 1. The van der Waals surface area contributed by atoms with Crippen LogP contribution in [0.25, 0.3) is 0 Å². The summed E-state index contributed by atoms with van der Waals surface area (Å²) in [6.45, 7) is 10.3. The van der Waals surface area contributed by atoms with Crippen LogP contribution in [0.2, 0.25) is 0 Å². The molecule has 3 aliphatic carbocycles. The van der Waals surface area contributed by atoms with E-state index in [1.54, 1.807) is 12.1 Å². The van der Waals surface area contributed by atoms with E-state index in [2.05, 4.69) is 30.5 Å². The molecule has 0 saturated heterocycles. The topological polar surface area (TPSA) is 32.7 Å². The molecule has 7 atom stereocenters. The molecular formula is C34H48F9N2OPS. The number of benzene rings is 1. The monoisotopic (exact) mass is 734 g/mol. The number of halogens is 9. The van der Waals surface area contributed by atoms with Crippen molar-refractivity contribution in [3.63, 3.8) is 0 Å². The number of fused-ring (bicyclic) bond motifs is 5. The number of nitrogens with zero attached hydrogens (tertiary/aromatic N) is 2. The molecule has 48 heavy (non-hydrogen) atoms. The Hall–Kier alpha value is -1.33. The van der Waals surface area contributed by atoms with E-state index in [1.165, 1.54) is 5.57 Å². The molecule has 0 spiro atoms. The van der Waals surface area contributed by atoms with Crippen LogP contribution < -0.4 is 0 Å². The lowest BCUT2D eigenvalue weighted by Crippen LogP contribution is -2.59. The Labute approximate surface area is 284 Å². The van der Waals surface area contributed by atoms with Crippen LogP contribution in [-0.4, -0.2) is 60.0 Å². The average molecular weight is 735 g/mol. The third-order valence-electron chi connectivity index (χ3n) is 10.7. The Bertz CT molecular complexity index is 1250. The van der Waals surface area contributed by atoms with E-state index in [1.807, 2.05) is 13.1 Å². The van der Waals surface area contributed by atoms with Gasteiger partial charge in [0, 0.05) is 6.42 Å². The SMILES string of the molecule is C=C1CCC2C3CC(F)c4cc(N=O)ccc4C3CCC12C.CCCCCN(C)CCCSCCC(F)(F)C(F)(P)C(F)(F)C(F)(F)F. The number of alkyl halides is 9. The van der Waals surface area contributed by atoms with Gasteiger partial charge in [-0.2, -0.15) is 33.7 Å². The van der Waals surface area contributed by atoms with E-state index in [-0.39, 0.29) is 5.41 Å². The maximum absolute atomic E-state index is 14.8. The van der Waals surface area contributed by atoms with E-state index >= 15 is 0 Å². The normalized spacial score (nSPS) is 27.0. The van der Waals surface area contributed by atoms with Crippen LogP contribution in [0.4, 0.5) is 45.2 Å². The largest absolute Gasteiger partial charge is 0.457 e. The van der Waals surface area contributed by atoms with Gasteiger partial charge >= 0.3 is 12.1 Å². The van der Waals surface area contributed by atoms with Gasteiger partial charge in [0.1, 0.15) is 11.9 Å². The minimum atomic E-state index is -6.40. The van der Waals surface area contributed by atoms with Gasteiger partial charge in [0.05, 0.1) is 0 Å². The molecule has 2 fully saturated rings. The van der Waals surface area contributed by atoms with Crippen LogP contribution in [0.1, 0.15) is 101 Å². The molecule has 0 radical (unpaired) electrons. The average Bonchev–Trinajstić information content (AvgIpc) is 3.32. The van der Waals surface area contributed by atoms with E-state index < -0.39 is 41.8 Å². The molecule has 3 nitrogen and oxygen atoms in total. The summed E-state index contributed by atoms with van der Waals surface area (Å²) >= 11 is 0.976. The van der Waals surface area contributed by atoms with Gasteiger partial charge in [0.15, 0.2) is 0 Å².